The minimum Gasteiger partial charge on any atom is -0.466 e. The molecular formula is C14H18O4. The molecule has 0 aromatic heterocycles. The third kappa shape index (κ3) is 10.6. The number of rotatable bonds is 6. The van der Waals surface area contributed by atoms with Crippen LogP contribution in [-0.4, -0.2) is 25.2 Å². The van der Waals surface area contributed by atoms with Gasteiger partial charge < -0.3 is 9.47 Å². The smallest absolute Gasteiger partial charge is 0.306 e. The van der Waals surface area contributed by atoms with Gasteiger partial charge in [-0.15, -0.1) is 0 Å². The third-order valence-corrected chi connectivity index (χ3v) is 1.76. The van der Waals surface area contributed by atoms with Crippen LogP contribution in [0.3, 0.4) is 0 Å². The lowest BCUT2D eigenvalue weighted by Crippen LogP contribution is -2.02. The summed E-state index contributed by atoms with van der Waals surface area (Å²) in [6, 6.07) is 0. The minimum atomic E-state index is -0.248. The van der Waals surface area contributed by atoms with Gasteiger partial charge in [-0.1, -0.05) is 11.8 Å². The van der Waals surface area contributed by atoms with Crippen LogP contribution in [-0.2, 0) is 19.1 Å². The Kier molecular flexibility index (Phi) is 10.3. The highest BCUT2D eigenvalue weighted by atomic mass is 16.5. The molecule has 0 heterocycles. The van der Waals surface area contributed by atoms with E-state index in [0.717, 1.165) is 0 Å². The first-order valence-electron chi connectivity index (χ1n) is 5.97. The van der Waals surface area contributed by atoms with Crippen LogP contribution in [0.5, 0.6) is 0 Å². The molecule has 0 spiro atoms. The highest BCUT2D eigenvalue weighted by Crippen LogP contribution is 1.91. The molecule has 0 aliphatic carbocycles. The average Bonchev–Trinajstić information content (AvgIpc) is 2.33. The van der Waals surface area contributed by atoms with Gasteiger partial charge in [-0.05, 0) is 25.7 Å². The maximum absolute atomic E-state index is 10.9. The van der Waals surface area contributed by atoms with Gasteiger partial charge in [0.15, 0.2) is 0 Å². The highest BCUT2D eigenvalue weighted by molar-refractivity contribution is 5.70. The van der Waals surface area contributed by atoms with E-state index < -0.39 is 0 Å². The number of carbonyl (C=O) groups is 2. The number of hydrogen-bond acceptors (Lipinski definition) is 4. The first-order chi connectivity index (χ1) is 8.70. The minimum absolute atomic E-state index is 0.248. The number of hydrogen-bond donors (Lipinski definition) is 0. The lowest BCUT2D eigenvalue weighted by atomic mass is 10.3. The summed E-state index contributed by atoms with van der Waals surface area (Å²) < 4.78 is 9.48. The Morgan fingerprint density at radius 3 is 1.56 bits per heavy atom. The second-order valence-electron chi connectivity index (χ2n) is 3.21. The van der Waals surface area contributed by atoms with Crippen molar-refractivity contribution in [3.8, 4) is 23.7 Å². The summed E-state index contributed by atoms with van der Waals surface area (Å²) in [6.45, 7) is 4.30. The van der Waals surface area contributed by atoms with Crippen molar-refractivity contribution in [3.05, 3.63) is 0 Å². The zero-order chi connectivity index (χ0) is 13.6. The molecule has 0 saturated carbocycles. The van der Waals surface area contributed by atoms with Gasteiger partial charge in [0, 0.05) is 12.8 Å². The van der Waals surface area contributed by atoms with Crippen molar-refractivity contribution >= 4 is 11.9 Å². The maximum atomic E-state index is 10.9. The monoisotopic (exact) mass is 250 g/mol. The molecule has 0 bridgehead atoms. The number of carbonyl (C=O) groups excluding carboxylic acids is 2. The van der Waals surface area contributed by atoms with E-state index in [1.807, 2.05) is 0 Å². The third-order valence-electron chi connectivity index (χ3n) is 1.76. The first-order valence-corrected chi connectivity index (χ1v) is 5.97. The zero-order valence-electron chi connectivity index (χ0n) is 10.9. The second-order valence-corrected chi connectivity index (χ2v) is 3.21. The summed E-state index contributed by atoms with van der Waals surface area (Å²) in [5.74, 6) is 10.2. The predicted molar refractivity (Wildman–Crippen MR) is 67.3 cm³/mol. The van der Waals surface area contributed by atoms with Crippen molar-refractivity contribution < 1.29 is 19.1 Å². The second kappa shape index (κ2) is 11.5. The molecule has 0 saturated heterocycles. The Hall–Kier alpha value is -1.94. The highest BCUT2D eigenvalue weighted by Gasteiger charge is 1.98. The maximum Gasteiger partial charge on any atom is 0.306 e. The van der Waals surface area contributed by atoms with E-state index in [-0.39, 0.29) is 24.8 Å². The summed E-state index contributed by atoms with van der Waals surface area (Å²) in [7, 11) is 0. The van der Waals surface area contributed by atoms with E-state index >= 15 is 0 Å². The van der Waals surface area contributed by atoms with E-state index in [1.54, 1.807) is 13.8 Å². The van der Waals surface area contributed by atoms with Crippen LogP contribution in [0.25, 0.3) is 0 Å². The first kappa shape index (κ1) is 16.1. The Morgan fingerprint density at radius 2 is 1.22 bits per heavy atom. The van der Waals surface area contributed by atoms with E-state index in [9.17, 15) is 9.59 Å². The van der Waals surface area contributed by atoms with Gasteiger partial charge in [0.2, 0.25) is 0 Å². The molecule has 18 heavy (non-hydrogen) atoms. The summed E-state index contributed by atoms with van der Waals surface area (Å²) in [6.07, 6.45) is 1.44. The fraction of sp³-hybridized carbons (Fsp3) is 0.571. The van der Waals surface area contributed by atoms with Crippen LogP contribution >= 0.6 is 0 Å². The predicted octanol–water partition coefficient (Wildman–Crippen LogP) is 1.68. The molecule has 0 fully saturated rings. The normalized spacial score (nSPS) is 8.33. The van der Waals surface area contributed by atoms with E-state index in [1.165, 1.54) is 0 Å². The molecule has 0 N–H and O–H groups in total. The van der Waals surface area contributed by atoms with Gasteiger partial charge in [0.25, 0.3) is 0 Å². The Balaban J connectivity index is 3.65. The van der Waals surface area contributed by atoms with Crippen LogP contribution in [0.1, 0.15) is 39.5 Å². The zero-order valence-corrected chi connectivity index (χ0v) is 10.9. The van der Waals surface area contributed by atoms with E-state index in [0.29, 0.717) is 26.1 Å². The van der Waals surface area contributed by atoms with Crippen molar-refractivity contribution in [2.24, 2.45) is 0 Å². The van der Waals surface area contributed by atoms with Crippen LogP contribution in [0.15, 0.2) is 0 Å². The SMILES string of the molecule is CCOC(=O)CCC#CC#CCCC(=O)OCC. The standard InChI is InChI=1S/C14H18O4/c1-3-17-13(15)11-9-7-5-6-8-10-12-14(16)18-4-2/h3-4,9-12H2,1-2H3. The molecule has 98 valence electrons. The van der Waals surface area contributed by atoms with Crippen LogP contribution in [0.4, 0.5) is 0 Å². The van der Waals surface area contributed by atoms with Gasteiger partial charge in [0.1, 0.15) is 0 Å². The topological polar surface area (TPSA) is 52.6 Å². The van der Waals surface area contributed by atoms with Gasteiger partial charge in [0.05, 0.1) is 26.1 Å². The summed E-state index contributed by atoms with van der Waals surface area (Å²) in [5, 5.41) is 0. The van der Waals surface area contributed by atoms with Crippen LogP contribution in [0, 0.1) is 23.7 Å². The fourth-order valence-electron chi connectivity index (χ4n) is 1.01. The lowest BCUT2D eigenvalue weighted by Gasteiger charge is -1.96. The van der Waals surface area contributed by atoms with Crippen molar-refractivity contribution in [1.82, 2.24) is 0 Å². The van der Waals surface area contributed by atoms with Gasteiger partial charge in [-0.3, -0.25) is 9.59 Å². The Morgan fingerprint density at radius 1 is 0.833 bits per heavy atom. The van der Waals surface area contributed by atoms with Crippen LogP contribution in [0.2, 0.25) is 0 Å². The molecule has 0 aromatic rings. The summed E-state index contributed by atoms with van der Waals surface area (Å²) in [5.41, 5.74) is 0. The van der Waals surface area contributed by atoms with Crippen molar-refractivity contribution in [1.29, 1.82) is 0 Å². The fourth-order valence-corrected chi connectivity index (χ4v) is 1.01. The van der Waals surface area contributed by atoms with E-state index in [4.69, 9.17) is 9.47 Å². The summed E-state index contributed by atoms with van der Waals surface area (Å²) in [4.78, 5) is 21.9. The van der Waals surface area contributed by atoms with Gasteiger partial charge in [-0.25, -0.2) is 0 Å². The molecule has 4 heteroatoms. The number of esters is 2. The molecule has 0 aliphatic rings. The lowest BCUT2D eigenvalue weighted by molar-refractivity contribution is -0.143. The van der Waals surface area contributed by atoms with Crippen molar-refractivity contribution in [3.63, 3.8) is 0 Å². The molecule has 4 nitrogen and oxygen atoms in total. The molecule has 0 aromatic carbocycles. The molecular weight excluding hydrogens is 232 g/mol. The van der Waals surface area contributed by atoms with Gasteiger partial charge >= 0.3 is 11.9 Å². The van der Waals surface area contributed by atoms with Crippen molar-refractivity contribution in [2.75, 3.05) is 13.2 Å². The molecule has 0 radical (unpaired) electrons. The molecule has 0 amide bonds. The average molecular weight is 250 g/mol. The quantitative estimate of drug-likeness (QED) is 0.531. The molecule has 0 aliphatic heterocycles. The molecule has 0 rings (SSSR count). The summed E-state index contributed by atoms with van der Waals surface area (Å²) >= 11 is 0. The largest absolute Gasteiger partial charge is 0.466 e. The molecule has 0 unspecified atom stereocenters. The Bertz CT molecular complexity index is 338. The molecule has 0 atom stereocenters. The van der Waals surface area contributed by atoms with Crippen LogP contribution < -0.4 is 0 Å². The Labute approximate surface area is 108 Å². The number of ether oxygens (including phenoxy) is 2. The van der Waals surface area contributed by atoms with Gasteiger partial charge in [-0.2, -0.15) is 0 Å². The van der Waals surface area contributed by atoms with E-state index in [2.05, 4.69) is 23.7 Å². The van der Waals surface area contributed by atoms with Crippen molar-refractivity contribution in [2.45, 2.75) is 39.5 Å².